The van der Waals surface area contributed by atoms with Crippen molar-refractivity contribution in [1.29, 1.82) is 0 Å². The molecule has 0 saturated heterocycles. The Labute approximate surface area is 146 Å². The van der Waals surface area contributed by atoms with Crippen LogP contribution in [0.5, 0.6) is 0 Å². The Hall–Kier alpha value is -2.34. The quantitative estimate of drug-likeness (QED) is 0.475. The third-order valence-electron chi connectivity index (χ3n) is 4.66. The second-order valence-electron chi connectivity index (χ2n) is 7.11. The first-order chi connectivity index (χ1) is 11.6. The van der Waals surface area contributed by atoms with E-state index in [4.69, 9.17) is 0 Å². The Morgan fingerprint density at radius 2 is 0.917 bits per heavy atom. The highest BCUT2D eigenvalue weighted by Crippen LogP contribution is 2.34. The molecule has 3 aromatic carbocycles. The van der Waals surface area contributed by atoms with Crippen molar-refractivity contribution < 1.29 is 0 Å². The van der Waals surface area contributed by atoms with Crippen LogP contribution in [-0.2, 0) is 0 Å². The fraction of sp³-hybridized carbons (Fsp3) is 0.250. The molecule has 122 valence electrons. The van der Waals surface area contributed by atoms with Crippen LogP contribution < -0.4 is 0 Å². The van der Waals surface area contributed by atoms with Gasteiger partial charge in [0.25, 0.3) is 0 Å². The largest absolute Gasteiger partial charge is 0.0616 e. The Bertz CT molecular complexity index is 754. The topological polar surface area (TPSA) is 0 Å². The van der Waals surface area contributed by atoms with Crippen molar-refractivity contribution in [3.05, 3.63) is 83.9 Å². The van der Waals surface area contributed by atoms with Crippen molar-refractivity contribution >= 4 is 0 Å². The average Bonchev–Trinajstić information content (AvgIpc) is 2.62. The third kappa shape index (κ3) is 3.43. The monoisotopic (exact) mass is 314 g/mol. The molecular weight excluding hydrogens is 288 g/mol. The smallest absolute Gasteiger partial charge is 0.0105 e. The lowest BCUT2D eigenvalue weighted by Crippen LogP contribution is -1.91. The van der Waals surface area contributed by atoms with E-state index >= 15 is 0 Å². The molecule has 0 aromatic heterocycles. The van der Waals surface area contributed by atoms with Crippen LogP contribution in [0.2, 0.25) is 0 Å². The maximum atomic E-state index is 2.33. The third-order valence-corrected chi connectivity index (χ3v) is 4.66. The van der Waals surface area contributed by atoms with Crippen molar-refractivity contribution in [3.63, 3.8) is 0 Å². The van der Waals surface area contributed by atoms with Crippen molar-refractivity contribution in [2.45, 2.75) is 39.5 Å². The summed E-state index contributed by atoms with van der Waals surface area (Å²) in [6.07, 6.45) is 0. The molecule has 0 atom stereocenters. The molecule has 0 unspecified atom stereocenters. The van der Waals surface area contributed by atoms with Gasteiger partial charge in [0.05, 0.1) is 0 Å². The lowest BCUT2D eigenvalue weighted by molar-refractivity contribution is 0.867. The van der Waals surface area contributed by atoms with Gasteiger partial charge in [-0.05, 0) is 45.2 Å². The van der Waals surface area contributed by atoms with E-state index in [-0.39, 0.29) is 0 Å². The van der Waals surface area contributed by atoms with E-state index in [2.05, 4.69) is 100 Å². The first-order valence-electron chi connectivity index (χ1n) is 8.86. The minimum atomic E-state index is 0.543. The minimum Gasteiger partial charge on any atom is -0.0616 e. The van der Waals surface area contributed by atoms with Gasteiger partial charge in [-0.25, -0.2) is 0 Å². The van der Waals surface area contributed by atoms with Gasteiger partial charge in [-0.1, -0.05) is 100 Å². The predicted octanol–water partition coefficient (Wildman–Crippen LogP) is 7.27. The lowest BCUT2D eigenvalue weighted by Gasteiger charge is -2.14. The summed E-state index contributed by atoms with van der Waals surface area (Å²) < 4.78 is 0. The van der Waals surface area contributed by atoms with Crippen molar-refractivity contribution in [2.24, 2.45) is 0 Å². The van der Waals surface area contributed by atoms with Crippen molar-refractivity contribution in [2.75, 3.05) is 0 Å². The molecule has 3 rings (SSSR count). The summed E-state index contributed by atoms with van der Waals surface area (Å²) in [4.78, 5) is 0. The standard InChI is InChI=1S/C24H26/c1-17(2)19-9-7-11-21(15-19)23-13-5-6-14-24(23)22-12-8-10-20(16-22)18(3)4/h5-18H,1-4H3. The molecule has 0 fully saturated rings. The van der Waals surface area contributed by atoms with Crippen LogP contribution in [0, 0.1) is 0 Å². The van der Waals surface area contributed by atoms with Crippen LogP contribution in [0.25, 0.3) is 22.3 Å². The number of rotatable bonds is 4. The van der Waals surface area contributed by atoms with Crippen LogP contribution in [-0.4, -0.2) is 0 Å². The summed E-state index contributed by atoms with van der Waals surface area (Å²) in [6, 6.07) is 26.6. The SMILES string of the molecule is CC(C)c1cccc(-c2ccccc2-c2cccc(C(C)C)c2)c1. The second kappa shape index (κ2) is 7.05. The van der Waals surface area contributed by atoms with Crippen LogP contribution in [0.4, 0.5) is 0 Å². The normalized spacial score (nSPS) is 11.2. The zero-order chi connectivity index (χ0) is 17.1. The molecule has 0 bridgehead atoms. The highest BCUT2D eigenvalue weighted by Gasteiger charge is 2.09. The van der Waals surface area contributed by atoms with E-state index in [9.17, 15) is 0 Å². The van der Waals surface area contributed by atoms with Crippen LogP contribution in [0.3, 0.4) is 0 Å². The van der Waals surface area contributed by atoms with E-state index in [1.165, 1.54) is 33.4 Å². The summed E-state index contributed by atoms with van der Waals surface area (Å²) >= 11 is 0. The van der Waals surface area contributed by atoms with Crippen LogP contribution in [0.1, 0.15) is 50.7 Å². The van der Waals surface area contributed by atoms with Gasteiger partial charge in [0.1, 0.15) is 0 Å². The highest BCUT2D eigenvalue weighted by molar-refractivity contribution is 5.83. The average molecular weight is 314 g/mol. The van der Waals surface area contributed by atoms with Gasteiger partial charge in [0.15, 0.2) is 0 Å². The molecule has 0 amide bonds. The van der Waals surface area contributed by atoms with E-state index in [0.29, 0.717) is 11.8 Å². The molecule has 0 spiro atoms. The summed E-state index contributed by atoms with van der Waals surface area (Å²) in [5.41, 5.74) is 7.98. The molecule has 0 heteroatoms. The Kier molecular flexibility index (Phi) is 4.85. The summed E-state index contributed by atoms with van der Waals surface area (Å²) in [5.74, 6) is 1.09. The van der Waals surface area contributed by atoms with E-state index < -0.39 is 0 Å². The Balaban J connectivity index is 2.12. The second-order valence-corrected chi connectivity index (χ2v) is 7.11. The van der Waals surface area contributed by atoms with E-state index in [0.717, 1.165) is 0 Å². The van der Waals surface area contributed by atoms with Gasteiger partial charge in [0.2, 0.25) is 0 Å². The molecule has 3 aromatic rings. The first-order valence-corrected chi connectivity index (χ1v) is 8.86. The molecule has 0 N–H and O–H groups in total. The molecule has 0 nitrogen and oxygen atoms in total. The van der Waals surface area contributed by atoms with Gasteiger partial charge in [-0.15, -0.1) is 0 Å². The predicted molar refractivity (Wildman–Crippen MR) is 105 cm³/mol. The summed E-state index contributed by atoms with van der Waals surface area (Å²) in [6.45, 7) is 8.99. The highest BCUT2D eigenvalue weighted by atomic mass is 14.1. The van der Waals surface area contributed by atoms with Gasteiger partial charge in [0, 0.05) is 0 Å². The van der Waals surface area contributed by atoms with Crippen LogP contribution in [0.15, 0.2) is 72.8 Å². The minimum absolute atomic E-state index is 0.543. The zero-order valence-corrected chi connectivity index (χ0v) is 15.1. The summed E-state index contributed by atoms with van der Waals surface area (Å²) in [7, 11) is 0. The van der Waals surface area contributed by atoms with Gasteiger partial charge in [-0.2, -0.15) is 0 Å². The van der Waals surface area contributed by atoms with Gasteiger partial charge in [-0.3, -0.25) is 0 Å². The van der Waals surface area contributed by atoms with Crippen molar-refractivity contribution in [1.82, 2.24) is 0 Å². The molecule has 0 saturated carbocycles. The molecule has 0 aliphatic heterocycles. The molecule has 24 heavy (non-hydrogen) atoms. The maximum absolute atomic E-state index is 2.33. The van der Waals surface area contributed by atoms with Crippen molar-refractivity contribution in [3.8, 4) is 22.3 Å². The maximum Gasteiger partial charge on any atom is -0.0105 e. The van der Waals surface area contributed by atoms with E-state index in [1.807, 2.05) is 0 Å². The van der Waals surface area contributed by atoms with Gasteiger partial charge < -0.3 is 0 Å². The number of hydrogen-bond acceptors (Lipinski definition) is 0. The molecule has 0 aliphatic carbocycles. The molecule has 0 aliphatic rings. The molecular formula is C24H26. The fourth-order valence-electron chi connectivity index (χ4n) is 3.12. The van der Waals surface area contributed by atoms with Crippen LogP contribution >= 0.6 is 0 Å². The fourth-order valence-corrected chi connectivity index (χ4v) is 3.12. The van der Waals surface area contributed by atoms with E-state index in [1.54, 1.807) is 0 Å². The molecule has 0 radical (unpaired) electrons. The van der Waals surface area contributed by atoms with Gasteiger partial charge >= 0.3 is 0 Å². The number of hydrogen-bond donors (Lipinski definition) is 0. The molecule has 0 heterocycles. The lowest BCUT2D eigenvalue weighted by atomic mass is 9.90. The Morgan fingerprint density at radius 3 is 1.29 bits per heavy atom. The Morgan fingerprint density at radius 1 is 0.500 bits per heavy atom. The zero-order valence-electron chi connectivity index (χ0n) is 15.1. The first kappa shape index (κ1) is 16.5. The number of benzene rings is 3. The summed E-state index contributed by atoms with van der Waals surface area (Å²) in [5, 5.41) is 0.